The van der Waals surface area contributed by atoms with Crippen molar-refractivity contribution in [3.63, 3.8) is 0 Å². The Hall–Kier alpha value is -3.11. The molecule has 1 amide bonds. The highest BCUT2D eigenvalue weighted by Gasteiger charge is 2.13. The van der Waals surface area contributed by atoms with Gasteiger partial charge in [0.05, 0.1) is 0 Å². The fourth-order valence-electron chi connectivity index (χ4n) is 3.86. The number of likely N-dealkylation sites (tertiary alicyclic amines) is 1. The number of nitrogens with one attached hydrogen (secondary N) is 1. The normalized spacial score (nSPS) is 14.3. The first-order chi connectivity index (χ1) is 14.8. The molecule has 1 heterocycles. The van der Waals surface area contributed by atoms with E-state index < -0.39 is 0 Å². The standard InChI is InChI=1S/C26H28N2O2/c29-26(25-12-6-5-11-24(25)21-9-3-1-4-10-21)27-22-13-15-23(16-14-22)30-20-19-28-17-7-2-8-18-28/h1,3-6,9-16H,2,7-8,17-20H2,(H,27,29). The third kappa shape index (κ3) is 5.28. The number of carbonyl (C=O) groups excluding carboxylic acids is 1. The Morgan fingerprint density at radius 2 is 1.53 bits per heavy atom. The van der Waals surface area contributed by atoms with Gasteiger partial charge in [-0.2, -0.15) is 0 Å². The second-order valence-corrected chi connectivity index (χ2v) is 7.64. The molecule has 1 aliphatic rings. The number of hydrogen-bond donors (Lipinski definition) is 1. The maximum Gasteiger partial charge on any atom is 0.256 e. The van der Waals surface area contributed by atoms with Crippen molar-refractivity contribution in [2.75, 3.05) is 31.6 Å². The van der Waals surface area contributed by atoms with E-state index in [0.29, 0.717) is 12.2 Å². The van der Waals surface area contributed by atoms with E-state index in [1.807, 2.05) is 78.9 Å². The van der Waals surface area contributed by atoms with Crippen LogP contribution in [0.3, 0.4) is 0 Å². The zero-order valence-corrected chi connectivity index (χ0v) is 17.2. The minimum atomic E-state index is -0.117. The molecule has 0 radical (unpaired) electrons. The van der Waals surface area contributed by atoms with Crippen LogP contribution in [0.2, 0.25) is 0 Å². The first-order valence-electron chi connectivity index (χ1n) is 10.7. The number of piperidine rings is 1. The highest BCUT2D eigenvalue weighted by molar-refractivity contribution is 6.08. The van der Waals surface area contributed by atoms with Crippen molar-refractivity contribution in [3.05, 3.63) is 84.4 Å². The number of rotatable bonds is 7. The van der Waals surface area contributed by atoms with Crippen molar-refractivity contribution in [1.82, 2.24) is 4.90 Å². The van der Waals surface area contributed by atoms with Crippen molar-refractivity contribution in [2.24, 2.45) is 0 Å². The van der Waals surface area contributed by atoms with Crippen LogP contribution in [0.1, 0.15) is 29.6 Å². The summed E-state index contributed by atoms with van der Waals surface area (Å²) in [6.45, 7) is 4.02. The molecular formula is C26H28N2O2. The lowest BCUT2D eigenvalue weighted by atomic mass is 9.99. The maximum absolute atomic E-state index is 12.9. The summed E-state index contributed by atoms with van der Waals surface area (Å²) in [5.74, 6) is 0.711. The molecule has 0 saturated carbocycles. The molecule has 0 atom stereocenters. The largest absolute Gasteiger partial charge is 0.492 e. The van der Waals surface area contributed by atoms with Gasteiger partial charge in [-0.1, -0.05) is 55.0 Å². The summed E-state index contributed by atoms with van der Waals surface area (Å²) in [6.07, 6.45) is 3.93. The third-order valence-corrected chi connectivity index (χ3v) is 5.49. The summed E-state index contributed by atoms with van der Waals surface area (Å²) in [5.41, 5.74) is 3.37. The van der Waals surface area contributed by atoms with Crippen LogP contribution in [0.25, 0.3) is 11.1 Å². The topological polar surface area (TPSA) is 41.6 Å². The first kappa shape index (κ1) is 20.2. The molecule has 0 spiro atoms. The molecule has 1 aliphatic heterocycles. The molecule has 1 saturated heterocycles. The summed E-state index contributed by atoms with van der Waals surface area (Å²) in [4.78, 5) is 15.4. The van der Waals surface area contributed by atoms with Gasteiger partial charge in [0, 0.05) is 17.8 Å². The van der Waals surface area contributed by atoms with Crippen LogP contribution in [-0.4, -0.2) is 37.0 Å². The van der Waals surface area contributed by atoms with Gasteiger partial charge in [0.1, 0.15) is 12.4 Å². The summed E-state index contributed by atoms with van der Waals surface area (Å²) in [5, 5.41) is 3.00. The molecule has 0 bridgehead atoms. The summed E-state index contributed by atoms with van der Waals surface area (Å²) in [6, 6.07) is 25.2. The van der Waals surface area contributed by atoms with Crippen molar-refractivity contribution in [2.45, 2.75) is 19.3 Å². The second kappa shape index (κ2) is 10.1. The van der Waals surface area contributed by atoms with Gasteiger partial charge in [0.2, 0.25) is 0 Å². The highest BCUT2D eigenvalue weighted by Crippen LogP contribution is 2.25. The molecule has 4 rings (SSSR count). The molecule has 30 heavy (non-hydrogen) atoms. The van der Waals surface area contributed by atoms with Gasteiger partial charge in [0.25, 0.3) is 5.91 Å². The van der Waals surface area contributed by atoms with Gasteiger partial charge in [-0.3, -0.25) is 9.69 Å². The minimum Gasteiger partial charge on any atom is -0.492 e. The number of benzene rings is 3. The summed E-state index contributed by atoms with van der Waals surface area (Å²) >= 11 is 0. The van der Waals surface area contributed by atoms with E-state index in [-0.39, 0.29) is 5.91 Å². The summed E-state index contributed by atoms with van der Waals surface area (Å²) < 4.78 is 5.88. The average molecular weight is 401 g/mol. The Morgan fingerprint density at radius 1 is 0.833 bits per heavy atom. The molecule has 4 nitrogen and oxygen atoms in total. The van der Waals surface area contributed by atoms with Crippen LogP contribution >= 0.6 is 0 Å². The van der Waals surface area contributed by atoms with Gasteiger partial charge in [0.15, 0.2) is 0 Å². The van der Waals surface area contributed by atoms with E-state index in [9.17, 15) is 4.79 Å². The Kier molecular flexibility index (Phi) is 6.78. The lowest BCUT2D eigenvalue weighted by Crippen LogP contribution is -2.33. The monoisotopic (exact) mass is 400 g/mol. The van der Waals surface area contributed by atoms with E-state index in [1.54, 1.807) is 0 Å². The van der Waals surface area contributed by atoms with Gasteiger partial charge in [-0.05, 0) is 67.4 Å². The fraction of sp³-hybridized carbons (Fsp3) is 0.269. The van der Waals surface area contributed by atoms with E-state index in [4.69, 9.17) is 4.74 Å². The number of hydrogen-bond acceptors (Lipinski definition) is 3. The van der Waals surface area contributed by atoms with Gasteiger partial charge < -0.3 is 10.1 Å². The number of ether oxygens (including phenoxy) is 1. The lowest BCUT2D eigenvalue weighted by Gasteiger charge is -2.26. The predicted molar refractivity (Wildman–Crippen MR) is 122 cm³/mol. The molecule has 0 unspecified atom stereocenters. The molecule has 3 aromatic carbocycles. The Bertz CT molecular complexity index is 948. The van der Waals surface area contributed by atoms with Crippen LogP contribution < -0.4 is 10.1 Å². The van der Waals surface area contributed by atoms with E-state index >= 15 is 0 Å². The van der Waals surface area contributed by atoms with Crippen molar-refractivity contribution < 1.29 is 9.53 Å². The average Bonchev–Trinajstić information content (AvgIpc) is 2.81. The number of amides is 1. The van der Waals surface area contributed by atoms with Gasteiger partial charge >= 0.3 is 0 Å². The van der Waals surface area contributed by atoms with Gasteiger partial charge in [-0.25, -0.2) is 0 Å². The van der Waals surface area contributed by atoms with E-state index in [1.165, 1.54) is 32.4 Å². The van der Waals surface area contributed by atoms with Crippen LogP contribution in [-0.2, 0) is 0 Å². The van der Waals surface area contributed by atoms with Crippen molar-refractivity contribution >= 4 is 11.6 Å². The van der Waals surface area contributed by atoms with Crippen LogP contribution in [0, 0.1) is 0 Å². The minimum absolute atomic E-state index is 0.117. The Balaban J connectivity index is 1.35. The van der Waals surface area contributed by atoms with E-state index in [2.05, 4.69) is 10.2 Å². The molecule has 0 aromatic heterocycles. The number of anilines is 1. The van der Waals surface area contributed by atoms with Crippen molar-refractivity contribution in [3.8, 4) is 16.9 Å². The third-order valence-electron chi connectivity index (χ3n) is 5.49. The maximum atomic E-state index is 12.9. The summed E-state index contributed by atoms with van der Waals surface area (Å²) in [7, 11) is 0. The Labute approximate surface area is 178 Å². The number of carbonyl (C=O) groups is 1. The molecule has 3 aromatic rings. The van der Waals surface area contributed by atoms with Crippen molar-refractivity contribution in [1.29, 1.82) is 0 Å². The highest BCUT2D eigenvalue weighted by atomic mass is 16.5. The zero-order chi connectivity index (χ0) is 20.6. The quantitative estimate of drug-likeness (QED) is 0.572. The second-order valence-electron chi connectivity index (χ2n) is 7.64. The first-order valence-corrected chi connectivity index (χ1v) is 10.7. The Morgan fingerprint density at radius 3 is 2.30 bits per heavy atom. The molecule has 1 fully saturated rings. The van der Waals surface area contributed by atoms with E-state index in [0.717, 1.165) is 29.1 Å². The SMILES string of the molecule is O=C(Nc1ccc(OCCN2CCCCC2)cc1)c1ccccc1-c1ccccc1. The predicted octanol–water partition coefficient (Wildman–Crippen LogP) is 5.47. The van der Waals surface area contributed by atoms with Crippen LogP contribution in [0.15, 0.2) is 78.9 Å². The fourth-order valence-corrected chi connectivity index (χ4v) is 3.86. The molecular weight excluding hydrogens is 372 g/mol. The number of nitrogens with zero attached hydrogens (tertiary/aromatic N) is 1. The van der Waals surface area contributed by atoms with Crippen LogP contribution in [0.5, 0.6) is 5.75 Å². The molecule has 4 heteroatoms. The smallest absolute Gasteiger partial charge is 0.256 e. The molecule has 1 N–H and O–H groups in total. The van der Waals surface area contributed by atoms with Gasteiger partial charge in [-0.15, -0.1) is 0 Å². The van der Waals surface area contributed by atoms with Crippen LogP contribution in [0.4, 0.5) is 5.69 Å². The zero-order valence-electron chi connectivity index (χ0n) is 17.2. The molecule has 154 valence electrons. The molecule has 0 aliphatic carbocycles. The lowest BCUT2D eigenvalue weighted by molar-refractivity contribution is 0.102.